The maximum Gasteiger partial charge on any atom is 0.296 e. The number of nitrogens with zero attached hydrogens (tertiary/aromatic N) is 3. The van der Waals surface area contributed by atoms with E-state index in [1.54, 1.807) is 34.8 Å². The number of aromatic nitrogens is 1. The molecular formula is C18H25N3O3. The Balaban J connectivity index is 1.72. The van der Waals surface area contributed by atoms with Crippen molar-refractivity contribution in [1.82, 2.24) is 14.4 Å². The zero-order chi connectivity index (χ0) is 17.3. The van der Waals surface area contributed by atoms with E-state index in [2.05, 4.69) is 6.92 Å². The molecule has 1 atom stereocenters. The van der Waals surface area contributed by atoms with Crippen LogP contribution >= 0.6 is 0 Å². The normalized spacial score (nSPS) is 24.0. The Morgan fingerprint density at radius 1 is 1.25 bits per heavy atom. The molecule has 130 valence electrons. The number of hydrogen-bond acceptors (Lipinski definition) is 3. The Morgan fingerprint density at radius 3 is 2.71 bits per heavy atom. The zero-order valence-electron chi connectivity index (χ0n) is 14.5. The summed E-state index contributed by atoms with van der Waals surface area (Å²) in [4.78, 5) is 41.4. The lowest BCUT2D eigenvalue weighted by Crippen LogP contribution is -2.50. The smallest absolute Gasteiger partial charge is 0.296 e. The van der Waals surface area contributed by atoms with E-state index in [9.17, 15) is 14.4 Å². The molecule has 0 saturated carbocycles. The van der Waals surface area contributed by atoms with Gasteiger partial charge in [0.2, 0.25) is 5.91 Å². The topological polar surface area (TPSA) is 62.6 Å². The summed E-state index contributed by atoms with van der Waals surface area (Å²) >= 11 is 0. The van der Waals surface area contributed by atoms with Gasteiger partial charge in [0.1, 0.15) is 0 Å². The first kappa shape index (κ1) is 16.7. The number of rotatable bonds is 4. The number of ketones is 1. The van der Waals surface area contributed by atoms with Gasteiger partial charge in [-0.2, -0.15) is 0 Å². The predicted octanol–water partition coefficient (Wildman–Crippen LogP) is 1.46. The van der Waals surface area contributed by atoms with Crippen molar-refractivity contribution in [2.75, 3.05) is 26.2 Å². The van der Waals surface area contributed by atoms with Crippen LogP contribution in [0.4, 0.5) is 0 Å². The molecule has 2 aliphatic rings. The molecule has 6 nitrogen and oxygen atoms in total. The second kappa shape index (κ2) is 6.42. The summed E-state index contributed by atoms with van der Waals surface area (Å²) in [5, 5.41) is 0. The largest absolute Gasteiger partial charge is 0.348 e. The molecule has 2 saturated heterocycles. The van der Waals surface area contributed by atoms with Crippen LogP contribution in [0.1, 0.15) is 43.1 Å². The monoisotopic (exact) mass is 331 g/mol. The average Bonchev–Trinajstić information content (AvgIpc) is 3.18. The number of amides is 2. The van der Waals surface area contributed by atoms with Crippen molar-refractivity contribution in [3.05, 3.63) is 24.0 Å². The summed E-state index contributed by atoms with van der Waals surface area (Å²) < 4.78 is 1.65. The SMILES string of the molecule is CCCN1CCCC2(CCN(C(=O)C(=O)c3cccn3C)C2)C1=O. The van der Waals surface area contributed by atoms with Gasteiger partial charge in [-0.15, -0.1) is 0 Å². The molecule has 1 spiro atoms. The fourth-order valence-electron chi connectivity index (χ4n) is 4.01. The number of hydrogen-bond donors (Lipinski definition) is 0. The summed E-state index contributed by atoms with van der Waals surface area (Å²) in [6.45, 7) is 4.51. The van der Waals surface area contributed by atoms with Crippen molar-refractivity contribution < 1.29 is 14.4 Å². The van der Waals surface area contributed by atoms with E-state index in [0.29, 0.717) is 25.2 Å². The third-order valence-electron chi connectivity index (χ3n) is 5.33. The van der Waals surface area contributed by atoms with Crippen LogP contribution in [0.2, 0.25) is 0 Å². The molecule has 1 unspecified atom stereocenters. The summed E-state index contributed by atoms with van der Waals surface area (Å²) in [6, 6.07) is 3.40. The molecule has 1 aromatic heterocycles. The Kier molecular flexibility index (Phi) is 4.47. The Labute approximate surface area is 142 Å². The molecule has 0 radical (unpaired) electrons. The van der Waals surface area contributed by atoms with Gasteiger partial charge in [0.05, 0.1) is 11.1 Å². The first-order valence-corrected chi connectivity index (χ1v) is 8.73. The second-order valence-corrected chi connectivity index (χ2v) is 6.99. The highest BCUT2D eigenvalue weighted by Crippen LogP contribution is 2.40. The van der Waals surface area contributed by atoms with Crippen molar-refractivity contribution >= 4 is 17.6 Å². The van der Waals surface area contributed by atoms with Gasteiger partial charge in [0.15, 0.2) is 0 Å². The molecule has 0 bridgehead atoms. The molecule has 6 heteroatoms. The quantitative estimate of drug-likeness (QED) is 0.620. The van der Waals surface area contributed by atoms with Crippen molar-refractivity contribution in [3.63, 3.8) is 0 Å². The van der Waals surface area contributed by atoms with Gasteiger partial charge in [-0.1, -0.05) is 6.92 Å². The van der Waals surface area contributed by atoms with E-state index in [0.717, 1.165) is 32.4 Å². The average molecular weight is 331 g/mol. The first-order valence-electron chi connectivity index (χ1n) is 8.73. The minimum atomic E-state index is -0.492. The maximum atomic E-state index is 12.9. The number of carbonyl (C=O) groups excluding carboxylic acids is 3. The lowest BCUT2D eigenvalue weighted by Gasteiger charge is -2.39. The molecule has 1 aromatic rings. The standard InChI is InChI=1S/C18H25N3O3/c1-3-9-20-11-5-7-18(17(20)24)8-12-21(13-18)16(23)15(22)14-6-4-10-19(14)2/h4,6,10H,3,5,7-9,11-13H2,1-2H3. The molecule has 0 aromatic carbocycles. The Bertz CT molecular complexity index is 664. The van der Waals surface area contributed by atoms with Crippen LogP contribution < -0.4 is 0 Å². The third-order valence-corrected chi connectivity index (χ3v) is 5.33. The second-order valence-electron chi connectivity index (χ2n) is 6.99. The van der Waals surface area contributed by atoms with Crippen LogP contribution in [0, 0.1) is 5.41 Å². The predicted molar refractivity (Wildman–Crippen MR) is 89.5 cm³/mol. The van der Waals surface area contributed by atoms with E-state index < -0.39 is 17.1 Å². The molecule has 24 heavy (non-hydrogen) atoms. The molecule has 0 aliphatic carbocycles. The van der Waals surface area contributed by atoms with Crippen molar-refractivity contribution in [1.29, 1.82) is 0 Å². The van der Waals surface area contributed by atoms with Gasteiger partial charge in [-0.05, 0) is 37.8 Å². The zero-order valence-corrected chi connectivity index (χ0v) is 14.5. The van der Waals surface area contributed by atoms with Gasteiger partial charge in [0.25, 0.3) is 11.7 Å². The summed E-state index contributed by atoms with van der Waals surface area (Å²) in [5.41, 5.74) is -0.0825. The number of likely N-dealkylation sites (tertiary alicyclic amines) is 2. The van der Waals surface area contributed by atoms with Crippen molar-refractivity contribution in [2.45, 2.75) is 32.6 Å². The molecule has 3 rings (SSSR count). The molecule has 2 fully saturated rings. The Hall–Kier alpha value is -2.11. The van der Waals surface area contributed by atoms with E-state index in [4.69, 9.17) is 0 Å². The van der Waals surface area contributed by atoms with E-state index >= 15 is 0 Å². The number of piperidine rings is 1. The van der Waals surface area contributed by atoms with E-state index in [1.807, 2.05) is 4.90 Å². The van der Waals surface area contributed by atoms with E-state index in [-0.39, 0.29) is 5.91 Å². The van der Waals surface area contributed by atoms with Crippen LogP contribution in [0.15, 0.2) is 18.3 Å². The highest BCUT2D eigenvalue weighted by Gasteiger charge is 2.49. The molecular weight excluding hydrogens is 306 g/mol. The third kappa shape index (κ3) is 2.74. The van der Waals surface area contributed by atoms with Gasteiger partial charge < -0.3 is 14.4 Å². The summed E-state index contributed by atoms with van der Waals surface area (Å²) in [7, 11) is 1.75. The highest BCUT2D eigenvalue weighted by atomic mass is 16.2. The number of carbonyl (C=O) groups is 3. The maximum absolute atomic E-state index is 12.9. The lowest BCUT2D eigenvalue weighted by atomic mass is 9.78. The van der Waals surface area contributed by atoms with Crippen LogP contribution in [0.5, 0.6) is 0 Å². The van der Waals surface area contributed by atoms with Gasteiger partial charge >= 0.3 is 0 Å². The van der Waals surface area contributed by atoms with Gasteiger partial charge in [-0.3, -0.25) is 14.4 Å². The van der Waals surface area contributed by atoms with Crippen LogP contribution in [0.25, 0.3) is 0 Å². The minimum Gasteiger partial charge on any atom is -0.348 e. The minimum absolute atomic E-state index is 0.164. The van der Waals surface area contributed by atoms with Gasteiger partial charge in [0, 0.05) is 39.4 Å². The van der Waals surface area contributed by atoms with Crippen LogP contribution in [-0.4, -0.2) is 58.1 Å². The summed E-state index contributed by atoms with van der Waals surface area (Å²) in [6.07, 6.45) is 5.14. The summed E-state index contributed by atoms with van der Waals surface area (Å²) in [5.74, 6) is -0.820. The van der Waals surface area contributed by atoms with Gasteiger partial charge in [-0.25, -0.2) is 0 Å². The molecule has 3 heterocycles. The fraction of sp³-hybridized carbons (Fsp3) is 0.611. The lowest BCUT2D eigenvalue weighted by molar-refractivity contribution is -0.146. The number of aryl methyl sites for hydroxylation is 1. The first-order chi connectivity index (χ1) is 11.5. The molecule has 2 aliphatic heterocycles. The Morgan fingerprint density at radius 2 is 2.04 bits per heavy atom. The van der Waals surface area contributed by atoms with Crippen LogP contribution in [-0.2, 0) is 16.6 Å². The van der Waals surface area contributed by atoms with E-state index in [1.165, 1.54) is 0 Å². The molecule has 0 N–H and O–H groups in total. The van der Waals surface area contributed by atoms with Crippen LogP contribution in [0.3, 0.4) is 0 Å². The molecule has 2 amide bonds. The highest BCUT2D eigenvalue weighted by molar-refractivity contribution is 6.42. The number of Topliss-reactive ketones (excluding diaryl/α,β-unsaturated/α-hetero) is 1. The van der Waals surface area contributed by atoms with Crippen molar-refractivity contribution in [3.8, 4) is 0 Å². The van der Waals surface area contributed by atoms with Crippen molar-refractivity contribution in [2.24, 2.45) is 12.5 Å². The fourth-order valence-corrected chi connectivity index (χ4v) is 4.01.